The van der Waals surface area contributed by atoms with Gasteiger partial charge >= 0.3 is 0 Å². The quantitative estimate of drug-likeness (QED) is 0.811. The fraction of sp³-hybridized carbons (Fsp3) is 0.500. The molecular weight excluding hydrogens is 290 g/mol. The van der Waals surface area contributed by atoms with E-state index in [1.165, 1.54) is 11.8 Å². The molecule has 0 saturated carbocycles. The second kappa shape index (κ2) is 7.02. The van der Waals surface area contributed by atoms with Gasteiger partial charge in [0.15, 0.2) is 0 Å². The molecule has 2 N–H and O–H groups in total. The van der Waals surface area contributed by atoms with Crippen LogP contribution in [0.1, 0.15) is 25.5 Å². The Morgan fingerprint density at radius 1 is 1.14 bits per heavy atom. The van der Waals surface area contributed by atoms with E-state index in [1.54, 1.807) is 38.4 Å². The van der Waals surface area contributed by atoms with Gasteiger partial charge in [0.2, 0.25) is 15.9 Å². The van der Waals surface area contributed by atoms with Gasteiger partial charge in [-0.05, 0) is 38.6 Å². The van der Waals surface area contributed by atoms with Crippen molar-refractivity contribution in [2.24, 2.45) is 0 Å². The standard InChI is InChI=1S/C14H23N3O3S/c1-10(15-3)12-6-8-13(9-7-12)21(19,20)16-11(2)14(18)17(4)5/h6-11,15-16H,1-5H3. The number of hydrogen-bond acceptors (Lipinski definition) is 4. The maximum atomic E-state index is 12.2. The molecule has 0 heterocycles. The molecule has 0 radical (unpaired) electrons. The number of rotatable bonds is 6. The van der Waals surface area contributed by atoms with Gasteiger partial charge in [-0.25, -0.2) is 8.42 Å². The van der Waals surface area contributed by atoms with Crippen LogP contribution in [0.4, 0.5) is 0 Å². The van der Waals surface area contributed by atoms with Gasteiger partial charge < -0.3 is 10.2 Å². The summed E-state index contributed by atoms with van der Waals surface area (Å²) in [4.78, 5) is 13.2. The van der Waals surface area contributed by atoms with Crippen LogP contribution in [-0.4, -0.2) is 46.4 Å². The molecule has 6 nitrogen and oxygen atoms in total. The first-order valence-electron chi connectivity index (χ1n) is 6.69. The van der Waals surface area contributed by atoms with Crippen molar-refractivity contribution in [1.82, 2.24) is 14.9 Å². The second-order valence-corrected chi connectivity index (χ2v) is 6.87. The van der Waals surface area contributed by atoms with Crippen molar-refractivity contribution < 1.29 is 13.2 Å². The normalized spacial score (nSPS) is 14.5. The first-order chi connectivity index (χ1) is 9.69. The largest absolute Gasteiger partial charge is 0.347 e. The van der Waals surface area contributed by atoms with Crippen LogP contribution in [0, 0.1) is 0 Å². The lowest BCUT2D eigenvalue weighted by Crippen LogP contribution is -2.44. The summed E-state index contributed by atoms with van der Waals surface area (Å²) in [6.07, 6.45) is 0. The Kier molecular flexibility index (Phi) is 5.88. The molecule has 118 valence electrons. The van der Waals surface area contributed by atoms with Crippen molar-refractivity contribution in [1.29, 1.82) is 0 Å². The highest BCUT2D eigenvalue weighted by atomic mass is 32.2. The van der Waals surface area contributed by atoms with Crippen LogP contribution in [0.5, 0.6) is 0 Å². The molecule has 0 saturated heterocycles. The molecular formula is C14H23N3O3S. The van der Waals surface area contributed by atoms with Gasteiger partial charge in [0.05, 0.1) is 10.9 Å². The molecule has 0 aliphatic heterocycles. The van der Waals surface area contributed by atoms with Crippen molar-refractivity contribution in [3.8, 4) is 0 Å². The Bertz CT molecular complexity index is 582. The van der Waals surface area contributed by atoms with Crippen LogP contribution in [0.25, 0.3) is 0 Å². The molecule has 1 aromatic carbocycles. The summed E-state index contributed by atoms with van der Waals surface area (Å²) < 4.78 is 26.8. The topological polar surface area (TPSA) is 78.5 Å². The summed E-state index contributed by atoms with van der Waals surface area (Å²) in [5.41, 5.74) is 0.994. The molecule has 1 amide bonds. The lowest BCUT2D eigenvalue weighted by atomic mass is 10.1. The first kappa shape index (κ1) is 17.6. The predicted octanol–water partition coefficient (Wildman–Crippen LogP) is 0.722. The minimum Gasteiger partial charge on any atom is -0.347 e. The van der Waals surface area contributed by atoms with E-state index in [0.717, 1.165) is 5.56 Å². The molecule has 1 aromatic rings. The highest BCUT2D eigenvalue weighted by Gasteiger charge is 2.23. The van der Waals surface area contributed by atoms with Gasteiger partial charge in [-0.15, -0.1) is 0 Å². The van der Waals surface area contributed by atoms with E-state index < -0.39 is 16.1 Å². The van der Waals surface area contributed by atoms with E-state index in [0.29, 0.717) is 0 Å². The van der Waals surface area contributed by atoms with E-state index >= 15 is 0 Å². The van der Waals surface area contributed by atoms with Crippen LogP contribution in [0.15, 0.2) is 29.2 Å². The minimum atomic E-state index is -3.71. The van der Waals surface area contributed by atoms with E-state index in [-0.39, 0.29) is 16.8 Å². The number of likely N-dealkylation sites (N-methyl/N-ethyl adjacent to an activating group) is 1. The van der Waals surface area contributed by atoms with Crippen LogP contribution in [0.2, 0.25) is 0 Å². The minimum absolute atomic E-state index is 0.143. The highest BCUT2D eigenvalue weighted by Crippen LogP contribution is 2.16. The molecule has 0 spiro atoms. The molecule has 2 atom stereocenters. The molecule has 0 aliphatic carbocycles. The van der Waals surface area contributed by atoms with Crippen LogP contribution >= 0.6 is 0 Å². The van der Waals surface area contributed by atoms with Crippen molar-refractivity contribution in [3.63, 3.8) is 0 Å². The van der Waals surface area contributed by atoms with Crippen LogP contribution < -0.4 is 10.0 Å². The molecule has 0 fully saturated rings. The highest BCUT2D eigenvalue weighted by molar-refractivity contribution is 7.89. The fourth-order valence-electron chi connectivity index (χ4n) is 1.84. The Hall–Kier alpha value is -1.44. The van der Waals surface area contributed by atoms with Gasteiger partial charge in [-0.2, -0.15) is 4.72 Å². The Morgan fingerprint density at radius 3 is 2.10 bits per heavy atom. The lowest BCUT2D eigenvalue weighted by molar-refractivity contribution is -0.130. The zero-order valence-electron chi connectivity index (χ0n) is 13.0. The maximum Gasteiger partial charge on any atom is 0.241 e. The Balaban J connectivity index is 2.91. The molecule has 2 unspecified atom stereocenters. The van der Waals surface area contributed by atoms with E-state index in [4.69, 9.17) is 0 Å². The number of sulfonamides is 1. The van der Waals surface area contributed by atoms with Crippen molar-refractivity contribution in [2.45, 2.75) is 30.8 Å². The number of hydrogen-bond donors (Lipinski definition) is 2. The summed E-state index contributed by atoms with van der Waals surface area (Å²) in [6.45, 7) is 3.51. The van der Waals surface area contributed by atoms with Gasteiger partial charge in [-0.3, -0.25) is 4.79 Å². The monoisotopic (exact) mass is 313 g/mol. The van der Waals surface area contributed by atoms with E-state index in [9.17, 15) is 13.2 Å². The average Bonchev–Trinajstić information content (AvgIpc) is 2.45. The molecule has 21 heavy (non-hydrogen) atoms. The van der Waals surface area contributed by atoms with Crippen LogP contribution in [0.3, 0.4) is 0 Å². The number of carbonyl (C=O) groups excluding carboxylic acids is 1. The summed E-state index contributed by atoms with van der Waals surface area (Å²) in [5.74, 6) is -0.293. The number of amides is 1. The predicted molar refractivity (Wildman–Crippen MR) is 82.4 cm³/mol. The van der Waals surface area contributed by atoms with Crippen molar-refractivity contribution in [3.05, 3.63) is 29.8 Å². The SMILES string of the molecule is CNC(C)c1ccc(S(=O)(=O)NC(C)C(=O)N(C)C)cc1. The number of benzene rings is 1. The van der Waals surface area contributed by atoms with Gasteiger partial charge in [-0.1, -0.05) is 12.1 Å². The fourth-order valence-corrected chi connectivity index (χ4v) is 3.04. The molecule has 0 bridgehead atoms. The van der Waals surface area contributed by atoms with Gasteiger partial charge in [0.1, 0.15) is 0 Å². The molecule has 7 heteroatoms. The average molecular weight is 313 g/mol. The van der Waals surface area contributed by atoms with Crippen molar-refractivity contribution >= 4 is 15.9 Å². The smallest absolute Gasteiger partial charge is 0.241 e. The van der Waals surface area contributed by atoms with Crippen molar-refractivity contribution in [2.75, 3.05) is 21.1 Å². The number of nitrogens with one attached hydrogen (secondary N) is 2. The molecule has 0 aromatic heterocycles. The Labute approximate surface area is 126 Å². The summed E-state index contributed by atoms with van der Waals surface area (Å²) >= 11 is 0. The molecule has 1 rings (SSSR count). The van der Waals surface area contributed by atoms with E-state index in [1.807, 2.05) is 14.0 Å². The summed E-state index contributed by atoms with van der Waals surface area (Å²) in [5, 5.41) is 3.08. The third kappa shape index (κ3) is 4.52. The van der Waals surface area contributed by atoms with Gasteiger partial charge in [0.25, 0.3) is 0 Å². The maximum absolute atomic E-state index is 12.2. The zero-order valence-corrected chi connectivity index (χ0v) is 13.9. The second-order valence-electron chi connectivity index (χ2n) is 5.16. The van der Waals surface area contributed by atoms with E-state index in [2.05, 4.69) is 10.0 Å². The Morgan fingerprint density at radius 2 is 1.67 bits per heavy atom. The summed E-state index contributed by atoms with van der Waals surface area (Å²) in [6, 6.07) is 5.93. The lowest BCUT2D eigenvalue weighted by Gasteiger charge is -2.18. The zero-order chi connectivity index (χ0) is 16.2. The van der Waals surface area contributed by atoms with Gasteiger partial charge in [0, 0.05) is 20.1 Å². The first-order valence-corrected chi connectivity index (χ1v) is 8.18. The third-order valence-corrected chi connectivity index (χ3v) is 4.82. The summed E-state index contributed by atoms with van der Waals surface area (Å²) in [7, 11) is 1.30. The number of nitrogens with zero attached hydrogens (tertiary/aromatic N) is 1. The molecule has 0 aliphatic rings. The van der Waals surface area contributed by atoms with Crippen LogP contribution in [-0.2, 0) is 14.8 Å². The number of carbonyl (C=O) groups is 1. The third-order valence-electron chi connectivity index (χ3n) is 3.27.